The standard InChI is InChI=1S/C17H23ClN2O.ClH/c1-20(11-13-4-2-3-5-16(13)18)17(21)10-12-8-14-6-7-15(9-12)19-14;/h2-5,12,14-15,19H,6-11H2,1H3;1H. The molecule has 2 aliphatic heterocycles. The van der Waals surface area contributed by atoms with Gasteiger partial charge < -0.3 is 10.2 Å². The Kier molecular flexibility index (Phi) is 6.13. The van der Waals surface area contributed by atoms with Crippen LogP contribution in [0.3, 0.4) is 0 Å². The lowest BCUT2D eigenvalue weighted by atomic mass is 9.89. The van der Waals surface area contributed by atoms with E-state index in [0.717, 1.165) is 23.4 Å². The van der Waals surface area contributed by atoms with E-state index in [2.05, 4.69) is 5.32 Å². The first-order valence-corrected chi connectivity index (χ1v) is 8.23. The van der Waals surface area contributed by atoms with Crippen molar-refractivity contribution >= 4 is 29.9 Å². The monoisotopic (exact) mass is 342 g/mol. The lowest BCUT2D eigenvalue weighted by Gasteiger charge is -2.30. The zero-order valence-electron chi connectivity index (χ0n) is 12.9. The molecule has 0 radical (unpaired) electrons. The van der Waals surface area contributed by atoms with Gasteiger partial charge in [0.1, 0.15) is 0 Å². The van der Waals surface area contributed by atoms with Crippen molar-refractivity contribution in [3.05, 3.63) is 34.9 Å². The number of carbonyl (C=O) groups excluding carboxylic acids is 1. The van der Waals surface area contributed by atoms with Crippen LogP contribution in [0.15, 0.2) is 24.3 Å². The summed E-state index contributed by atoms with van der Waals surface area (Å²) in [5, 5.41) is 4.36. The van der Waals surface area contributed by atoms with E-state index in [1.54, 1.807) is 0 Å². The van der Waals surface area contributed by atoms with Crippen LogP contribution in [-0.4, -0.2) is 29.9 Å². The molecule has 2 atom stereocenters. The Morgan fingerprint density at radius 3 is 2.55 bits per heavy atom. The molecule has 1 amide bonds. The van der Waals surface area contributed by atoms with E-state index in [0.29, 0.717) is 31.0 Å². The Bertz CT molecular complexity index is 511. The van der Waals surface area contributed by atoms with E-state index in [9.17, 15) is 4.79 Å². The summed E-state index contributed by atoms with van der Waals surface area (Å²) in [6.07, 6.45) is 5.55. The smallest absolute Gasteiger partial charge is 0.222 e. The van der Waals surface area contributed by atoms with Gasteiger partial charge in [-0.2, -0.15) is 0 Å². The Hall–Kier alpha value is -0.770. The van der Waals surface area contributed by atoms with Crippen LogP contribution in [0.5, 0.6) is 0 Å². The molecule has 0 aromatic heterocycles. The maximum absolute atomic E-state index is 12.4. The predicted molar refractivity (Wildman–Crippen MR) is 92.5 cm³/mol. The number of nitrogens with one attached hydrogen (secondary N) is 1. The summed E-state index contributed by atoms with van der Waals surface area (Å²) in [5.41, 5.74) is 1.01. The van der Waals surface area contributed by atoms with E-state index < -0.39 is 0 Å². The second kappa shape index (κ2) is 7.67. The molecule has 2 unspecified atom stereocenters. The van der Waals surface area contributed by atoms with E-state index >= 15 is 0 Å². The molecule has 3 rings (SSSR count). The van der Waals surface area contributed by atoms with Crippen molar-refractivity contribution in [2.75, 3.05) is 7.05 Å². The van der Waals surface area contributed by atoms with Crippen molar-refractivity contribution in [2.45, 2.75) is 50.7 Å². The number of hydrogen-bond acceptors (Lipinski definition) is 2. The van der Waals surface area contributed by atoms with E-state index in [1.807, 2.05) is 36.2 Å². The minimum absolute atomic E-state index is 0. The Morgan fingerprint density at radius 2 is 1.91 bits per heavy atom. The molecular formula is C17H24Cl2N2O. The van der Waals surface area contributed by atoms with Crippen molar-refractivity contribution in [3.8, 4) is 0 Å². The van der Waals surface area contributed by atoms with Gasteiger partial charge in [0.15, 0.2) is 0 Å². The van der Waals surface area contributed by atoms with E-state index in [4.69, 9.17) is 11.6 Å². The van der Waals surface area contributed by atoms with Crippen molar-refractivity contribution in [3.63, 3.8) is 0 Å². The quantitative estimate of drug-likeness (QED) is 0.905. The van der Waals surface area contributed by atoms with Crippen molar-refractivity contribution in [1.29, 1.82) is 0 Å². The summed E-state index contributed by atoms with van der Waals surface area (Å²) in [7, 11) is 1.88. The molecule has 122 valence electrons. The molecule has 0 spiro atoms. The third-order valence-electron chi connectivity index (χ3n) is 4.83. The molecule has 2 saturated heterocycles. The second-order valence-corrected chi connectivity index (χ2v) is 6.93. The first-order chi connectivity index (χ1) is 10.1. The summed E-state index contributed by atoms with van der Waals surface area (Å²) in [6.45, 7) is 0.594. The summed E-state index contributed by atoms with van der Waals surface area (Å²) >= 11 is 6.17. The van der Waals surface area contributed by atoms with Gasteiger partial charge in [0.05, 0.1) is 0 Å². The van der Waals surface area contributed by atoms with Gasteiger partial charge in [-0.25, -0.2) is 0 Å². The van der Waals surface area contributed by atoms with Crippen LogP contribution in [-0.2, 0) is 11.3 Å². The third-order valence-corrected chi connectivity index (χ3v) is 5.19. The number of halogens is 2. The van der Waals surface area contributed by atoms with Crippen molar-refractivity contribution < 1.29 is 4.79 Å². The van der Waals surface area contributed by atoms with E-state index in [1.165, 1.54) is 12.8 Å². The molecule has 1 aromatic rings. The normalized spacial score (nSPS) is 26.4. The minimum Gasteiger partial charge on any atom is -0.341 e. The molecule has 2 aliphatic rings. The maximum atomic E-state index is 12.4. The predicted octanol–water partition coefficient (Wildman–Crippen LogP) is 3.64. The number of hydrogen-bond donors (Lipinski definition) is 1. The highest BCUT2D eigenvalue weighted by atomic mass is 35.5. The van der Waals surface area contributed by atoms with Gasteiger partial charge in [0.25, 0.3) is 0 Å². The molecule has 2 fully saturated rings. The molecule has 22 heavy (non-hydrogen) atoms. The van der Waals surface area contributed by atoms with Gasteiger partial charge in [-0.05, 0) is 43.2 Å². The minimum atomic E-state index is 0. The molecule has 2 bridgehead atoms. The Morgan fingerprint density at radius 1 is 1.27 bits per heavy atom. The zero-order valence-corrected chi connectivity index (χ0v) is 14.5. The zero-order chi connectivity index (χ0) is 14.8. The maximum Gasteiger partial charge on any atom is 0.222 e. The van der Waals surface area contributed by atoms with Crippen LogP contribution < -0.4 is 5.32 Å². The third kappa shape index (κ3) is 4.15. The van der Waals surface area contributed by atoms with Gasteiger partial charge in [-0.1, -0.05) is 29.8 Å². The Labute approximate surface area is 143 Å². The molecular weight excluding hydrogens is 319 g/mol. The molecule has 0 saturated carbocycles. The van der Waals surface area contributed by atoms with Crippen LogP contribution in [0.1, 0.15) is 37.7 Å². The van der Waals surface area contributed by atoms with Crippen molar-refractivity contribution in [1.82, 2.24) is 10.2 Å². The van der Waals surface area contributed by atoms with Crippen LogP contribution in [0.4, 0.5) is 0 Å². The summed E-state index contributed by atoms with van der Waals surface area (Å²) < 4.78 is 0. The van der Waals surface area contributed by atoms with Gasteiger partial charge in [0, 0.05) is 37.1 Å². The van der Waals surface area contributed by atoms with E-state index in [-0.39, 0.29) is 18.3 Å². The Balaban J connectivity index is 0.00000176. The topological polar surface area (TPSA) is 32.3 Å². The van der Waals surface area contributed by atoms with Crippen LogP contribution in [0.2, 0.25) is 5.02 Å². The number of rotatable bonds is 4. The molecule has 5 heteroatoms. The SMILES string of the molecule is CN(Cc1ccccc1Cl)C(=O)CC1CC2CCC(C1)N2.Cl. The van der Waals surface area contributed by atoms with Crippen molar-refractivity contribution in [2.24, 2.45) is 5.92 Å². The highest BCUT2D eigenvalue weighted by Gasteiger charge is 2.34. The fourth-order valence-electron chi connectivity index (χ4n) is 3.71. The number of fused-ring (bicyclic) bond motifs is 2. The number of carbonyl (C=O) groups is 1. The van der Waals surface area contributed by atoms with Crippen LogP contribution in [0.25, 0.3) is 0 Å². The summed E-state index contributed by atoms with van der Waals surface area (Å²) in [5.74, 6) is 0.783. The van der Waals surface area contributed by atoms with Gasteiger partial charge >= 0.3 is 0 Å². The fourth-order valence-corrected chi connectivity index (χ4v) is 3.91. The molecule has 3 nitrogen and oxygen atoms in total. The largest absolute Gasteiger partial charge is 0.341 e. The molecule has 2 heterocycles. The highest BCUT2D eigenvalue weighted by Crippen LogP contribution is 2.33. The first-order valence-electron chi connectivity index (χ1n) is 7.85. The summed E-state index contributed by atoms with van der Waals surface area (Å²) in [4.78, 5) is 14.2. The van der Waals surface area contributed by atoms with Crippen LogP contribution >= 0.6 is 24.0 Å². The summed E-state index contributed by atoms with van der Waals surface area (Å²) in [6, 6.07) is 9.03. The lowest BCUT2D eigenvalue weighted by Crippen LogP contribution is -2.39. The average molecular weight is 343 g/mol. The average Bonchev–Trinajstić information content (AvgIpc) is 2.80. The number of benzene rings is 1. The highest BCUT2D eigenvalue weighted by molar-refractivity contribution is 6.31. The van der Waals surface area contributed by atoms with Crippen LogP contribution in [0, 0.1) is 5.92 Å². The van der Waals surface area contributed by atoms with Gasteiger partial charge in [-0.15, -0.1) is 12.4 Å². The fraction of sp³-hybridized carbons (Fsp3) is 0.588. The van der Waals surface area contributed by atoms with Gasteiger partial charge in [0.2, 0.25) is 5.91 Å². The van der Waals surface area contributed by atoms with Gasteiger partial charge in [-0.3, -0.25) is 4.79 Å². The second-order valence-electron chi connectivity index (χ2n) is 6.52. The molecule has 1 aromatic carbocycles. The first kappa shape index (κ1) is 17.6. The number of amides is 1. The lowest BCUT2D eigenvalue weighted by molar-refractivity contribution is -0.131. The molecule has 0 aliphatic carbocycles. The number of piperidine rings is 1. The number of nitrogens with zero attached hydrogens (tertiary/aromatic N) is 1. The molecule has 1 N–H and O–H groups in total.